The number of carboxylic acids is 1. The molecule has 3 aromatic rings. The van der Waals surface area contributed by atoms with Crippen LogP contribution in [-0.2, 0) is 9.53 Å². The first-order chi connectivity index (χ1) is 16.1. The molecule has 1 N–H and O–H groups in total. The molecule has 0 bridgehead atoms. The van der Waals surface area contributed by atoms with E-state index < -0.39 is 24.0 Å². The zero-order valence-electron chi connectivity index (χ0n) is 18.3. The fourth-order valence-corrected chi connectivity index (χ4v) is 5.15. The summed E-state index contributed by atoms with van der Waals surface area (Å²) < 4.78 is 11.0. The van der Waals surface area contributed by atoms with Crippen LogP contribution in [0.15, 0.2) is 72.8 Å². The lowest BCUT2D eigenvalue weighted by atomic mass is 9.94. The maximum atomic E-state index is 13.2. The molecular weight excluding hydrogens is 418 g/mol. The van der Waals surface area contributed by atoms with Crippen molar-refractivity contribution in [1.29, 1.82) is 0 Å². The lowest BCUT2D eigenvalue weighted by molar-refractivity contribution is -0.142. The van der Waals surface area contributed by atoms with Gasteiger partial charge in [-0.2, -0.15) is 0 Å². The summed E-state index contributed by atoms with van der Waals surface area (Å²) in [5.41, 5.74) is 5.37. The Balaban J connectivity index is 1.37. The molecule has 0 saturated carbocycles. The van der Waals surface area contributed by atoms with E-state index in [1.165, 1.54) is 0 Å². The molecule has 0 aromatic heterocycles. The minimum atomic E-state index is -0.912. The van der Waals surface area contributed by atoms with Crippen LogP contribution in [0.2, 0.25) is 0 Å². The molecule has 1 fully saturated rings. The van der Waals surface area contributed by atoms with E-state index in [2.05, 4.69) is 24.3 Å². The van der Waals surface area contributed by atoms with Crippen LogP contribution < -0.4 is 4.74 Å². The number of fused-ring (bicyclic) bond motifs is 3. The summed E-state index contributed by atoms with van der Waals surface area (Å²) in [5, 5.41) is 9.76. The van der Waals surface area contributed by atoms with E-state index >= 15 is 0 Å². The van der Waals surface area contributed by atoms with Crippen LogP contribution in [0.1, 0.15) is 35.1 Å². The first kappa shape index (κ1) is 21.1. The predicted molar refractivity (Wildman–Crippen MR) is 123 cm³/mol. The summed E-state index contributed by atoms with van der Waals surface area (Å²) in [5.74, 6) is -0.960. The number of amides is 1. The van der Waals surface area contributed by atoms with Gasteiger partial charge in [-0.1, -0.05) is 60.7 Å². The molecule has 0 radical (unpaired) electrons. The molecule has 1 aliphatic carbocycles. The molecule has 2 atom stereocenters. The molecule has 1 aliphatic heterocycles. The molecular formula is C27H25NO5. The van der Waals surface area contributed by atoms with Gasteiger partial charge in [0.2, 0.25) is 0 Å². The van der Waals surface area contributed by atoms with Gasteiger partial charge in [-0.25, -0.2) is 4.79 Å². The second-order valence-corrected chi connectivity index (χ2v) is 8.45. The largest absolute Gasteiger partial charge is 0.497 e. The third kappa shape index (κ3) is 3.71. The van der Waals surface area contributed by atoms with Crippen LogP contribution in [0.5, 0.6) is 5.75 Å². The van der Waals surface area contributed by atoms with Crippen molar-refractivity contribution >= 4 is 12.1 Å². The van der Waals surface area contributed by atoms with E-state index in [4.69, 9.17) is 9.47 Å². The zero-order valence-corrected chi connectivity index (χ0v) is 18.3. The van der Waals surface area contributed by atoms with Crippen molar-refractivity contribution in [3.8, 4) is 16.9 Å². The summed E-state index contributed by atoms with van der Waals surface area (Å²) in [6.07, 6.45) is -0.0996. The highest BCUT2D eigenvalue weighted by Crippen LogP contribution is 2.45. The quantitative estimate of drug-likeness (QED) is 0.594. The van der Waals surface area contributed by atoms with Crippen molar-refractivity contribution in [3.05, 3.63) is 89.5 Å². The van der Waals surface area contributed by atoms with Crippen molar-refractivity contribution in [2.45, 2.75) is 18.4 Å². The third-order valence-electron chi connectivity index (χ3n) is 6.74. The summed E-state index contributed by atoms with van der Waals surface area (Å²) in [7, 11) is 1.58. The number of carbonyl (C=O) groups is 2. The van der Waals surface area contributed by atoms with Crippen LogP contribution >= 0.6 is 0 Å². The minimum absolute atomic E-state index is 0.0429. The van der Waals surface area contributed by atoms with Crippen molar-refractivity contribution in [2.24, 2.45) is 5.92 Å². The van der Waals surface area contributed by atoms with E-state index in [-0.39, 0.29) is 12.5 Å². The van der Waals surface area contributed by atoms with Crippen LogP contribution in [0.25, 0.3) is 11.1 Å². The van der Waals surface area contributed by atoms with Gasteiger partial charge in [-0.15, -0.1) is 0 Å². The van der Waals surface area contributed by atoms with Crippen LogP contribution in [0.3, 0.4) is 0 Å². The summed E-state index contributed by atoms with van der Waals surface area (Å²) in [6, 6.07) is 23.0. The Morgan fingerprint density at radius 1 is 0.939 bits per heavy atom. The van der Waals surface area contributed by atoms with E-state index in [0.717, 1.165) is 27.8 Å². The van der Waals surface area contributed by atoms with Crippen molar-refractivity contribution in [1.82, 2.24) is 4.90 Å². The number of benzene rings is 3. The molecule has 3 aromatic carbocycles. The van der Waals surface area contributed by atoms with Gasteiger partial charge in [-0.05, 0) is 46.4 Å². The van der Waals surface area contributed by atoms with E-state index in [1.54, 1.807) is 24.1 Å². The van der Waals surface area contributed by atoms with Gasteiger partial charge in [0.1, 0.15) is 12.4 Å². The highest BCUT2D eigenvalue weighted by molar-refractivity contribution is 5.79. The molecule has 1 heterocycles. The second kappa shape index (κ2) is 8.62. The molecule has 168 valence electrons. The third-order valence-corrected chi connectivity index (χ3v) is 6.74. The fraction of sp³-hybridized carbons (Fsp3) is 0.259. The molecule has 2 aliphatic rings. The first-order valence-corrected chi connectivity index (χ1v) is 11.1. The van der Waals surface area contributed by atoms with Crippen molar-refractivity contribution < 1.29 is 24.2 Å². The Hall–Kier alpha value is -3.80. The Kier molecular flexibility index (Phi) is 5.50. The maximum absolute atomic E-state index is 13.2. The smallest absolute Gasteiger partial charge is 0.410 e. The summed E-state index contributed by atoms with van der Waals surface area (Å²) in [6.45, 7) is 0.542. The van der Waals surface area contributed by atoms with Gasteiger partial charge in [0.15, 0.2) is 0 Å². The number of likely N-dealkylation sites (tertiary alicyclic amines) is 1. The maximum Gasteiger partial charge on any atom is 0.410 e. The average molecular weight is 443 g/mol. The molecule has 33 heavy (non-hydrogen) atoms. The lowest BCUT2D eigenvalue weighted by Crippen LogP contribution is -2.34. The van der Waals surface area contributed by atoms with E-state index in [9.17, 15) is 14.7 Å². The highest BCUT2D eigenvalue weighted by Gasteiger charge is 2.43. The minimum Gasteiger partial charge on any atom is -0.497 e. The summed E-state index contributed by atoms with van der Waals surface area (Å²) >= 11 is 0. The lowest BCUT2D eigenvalue weighted by Gasteiger charge is -2.27. The molecule has 6 heteroatoms. The number of rotatable bonds is 5. The van der Waals surface area contributed by atoms with Crippen LogP contribution in [0, 0.1) is 5.92 Å². The Morgan fingerprint density at radius 3 is 2.12 bits per heavy atom. The first-order valence-electron chi connectivity index (χ1n) is 11.1. The Bertz CT molecular complexity index is 1140. The van der Waals surface area contributed by atoms with Gasteiger partial charge in [0.05, 0.1) is 19.1 Å². The molecule has 0 unspecified atom stereocenters. The van der Waals surface area contributed by atoms with E-state index in [1.807, 2.05) is 36.4 Å². The average Bonchev–Trinajstić information content (AvgIpc) is 3.43. The number of nitrogens with zero attached hydrogens (tertiary/aromatic N) is 1. The van der Waals surface area contributed by atoms with Crippen molar-refractivity contribution in [2.75, 3.05) is 20.3 Å². The van der Waals surface area contributed by atoms with Gasteiger partial charge in [0.25, 0.3) is 0 Å². The molecule has 6 nitrogen and oxygen atoms in total. The van der Waals surface area contributed by atoms with Gasteiger partial charge >= 0.3 is 12.1 Å². The van der Waals surface area contributed by atoms with E-state index in [0.29, 0.717) is 18.7 Å². The topological polar surface area (TPSA) is 76.1 Å². The van der Waals surface area contributed by atoms with Gasteiger partial charge in [0, 0.05) is 12.5 Å². The number of hydrogen-bond acceptors (Lipinski definition) is 4. The molecule has 5 rings (SSSR count). The standard InChI is InChI=1S/C27H25NO5/c1-32-18-12-10-17(11-13-18)25-23(26(29)30)14-15-28(25)27(31)33-16-24-21-8-4-2-6-19(21)20-7-3-5-9-22(20)24/h2-13,23-25H,14-16H2,1H3,(H,29,30)/t23-,25-/m1/s1. The monoisotopic (exact) mass is 443 g/mol. The van der Waals surface area contributed by atoms with Gasteiger partial charge < -0.3 is 19.5 Å². The number of aliphatic carboxylic acids is 1. The van der Waals surface area contributed by atoms with Crippen LogP contribution in [-0.4, -0.2) is 42.3 Å². The predicted octanol–water partition coefficient (Wildman–Crippen LogP) is 5.09. The zero-order chi connectivity index (χ0) is 22.9. The fourth-order valence-electron chi connectivity index (χ4n) is 5.15. The molecule has 1 amide bonds. The number of methoxy groups -OCH3 is 1. The Morgan fingerprint density at radius 2 is 1.55 bits per heavy atom. The van der Waals surface area contributed by atoms with Gasteiger partial charge in [-0.3, -0.25) is 4.79 Å². The summed E-state index contributed by atoms with van der Waals surface area (Å²) in [4.78, 5) is 26.7. The van der Waals surface area contributed by atoms with Crippen molar-refractivity contribution in [3.63, 3.8) is 0 Å². The van der Waals surface area contributed by atoms with Crippen LogP contribution in [0.4, 0.5) is 4.79 Å². The normalized spacial score (nSPS) is 19.1. The SMILES string of the molecule is COc1ccc([C@@H]2[C@H](C(=O)O)CCN2C(=O)OCC2c3ccccc3-c3ccccc32)cc1. The number of ether oxygens (including phenoxy) is 2. The number of hydrogen-bond donors (Lipinski definition) is 1. The Labute approximate surface area is 192 Å². The highest BCUT2D eigenvalue weighted by atomic mass is 16.6. The number of carboxylic acid groups (broad SMARTS) is 1. The molecule has 1 saturated heterocycles. The second-order valence-electron chi connectivity index (χ2n) is 8.45. The molecule has 0 spiro atoms. The number of carbonyl (C=O) groups excluding carboxylic acids is 1.